The van der Waals surface area contributed by atoms with Gasteiger partial charge in [-0.3, -0.25) is 4.79 Å². The quantitative estimate of drug-likeness (QED) is 0.421. The first kappa shape index (κ1) is 21.4. The van der Waals surface area contributed by atoms with Crippen LogP contribution in [0.15, 0.2) is 52.9 Å². The molecule has 1 aromatic heterocycles. The highest BCUT2D eigenvalue weighted by Gasteiger charge is 2.14. The second-order valence-electron chi connectivity index (χ2n) is 8.00. The van der Waals surface area contributed by atoms with Crippen molar-refractivity contribution in [3.63, 3.8) is 0 Å². The van der Waals surface area contributed by atoms with Gasteiger partial charge in [0, 0.05) is 5.56 Å². The van der Waals surface area contributed by atoms with E-state index in [4.69, 9.17) is 13.9 Å². The van der Waals surface area contributed by atoms with Gasteiger partial charge in [0.15, 0.2) is 12.2 Å². The monoisotopic (exact) mass is 430 g/mol. The van der Waals surface area contributed by atoms with E-state index < -0.39 is 0 Å². The molecule has 0 aliphatic carbocycles. The maximum absolute atomic E-state index is 12.6. The van der Waals surface area contributed by atoms with Crippen molar-refractivity contribution < 1.29 is 18.7 Å². The summed E-state index contributed by atoms with van der Waals surface area (Å²) >= 11 is 0. The lowest BCUT2D eigenvalue weighted by molar-refractivity contribution is -0.118. The number of carbonyl (C=O) groups is 1. The van der Waals surface area contributed by atoms with Crippen LogP contribution in [0.4, 0.5) is 5.69 Å². The van der Waals surface area contributed by atoms with Gasteiger partial charge in [-0.25, -0.2) is 4.98 Å². The number of rotatable bonds is 6. The molecule has 3 aromatic carbocycles. The smallest absolute Gasteiger partial charge is 0.262 e. The predicted octanol–water partition coefficient (Wildman–Crippen LogP) is 5.75. The molecule has 1 amide bonds. The van der Waals surface area contributed by atoms with Crippen molar-refractivity contribution in [2.75, 3.05) is 19.0 Å². The highest BCUT2D eigenvalue weighted by molar-refractivity contribution is 5.94. The van der Waals surface area contributed by atoms with Crippen LogP contribution in [0.2, 0.25) is 0 Å². The lowest BCUT2D eigenvalue weighted by Crippen LogP contribution is -2.20. The average molecular weight is 431 g/mol. The van der Waals surface area contributed by atoms with Crippen molar-refractivity contribution in [3.05, 3.63) is 70.8 Å². The molecule has 0 spiro atoms. The lowest BCUT2D eigenvalue weighted by Gasteiger charge is -2.12. The van der Waals surface area contributed by atoms with Crippen LogP contribution in [0.1, 0.15) is 22.3 Å². The van der Waals surface area contributed by atoms with E-state index in [1.807, 2.05) is 58.0 Å². The molecule has 1 N–H and O–H groups in total. The lowest BCUT2D eigenvalue weighted by atomic mass is 10.1. The van der Waals surface area contributed by atoms with Crippen molar-refractivity contribution >= 4 is 22.7 Å². The number of hydrogen-bond donors (Lipinski definition) is 1. The van der Waals surface area contributed by atoms with Crippen LogP contribution in [0.25, 0.3) is 22.6 Å². The van der Waals surface area contributed by atoms with E-state index >= 15 is 0 Å². The van der Waals surface area contributed by atoms with Gasteiger partial charge in [-0.1, -0.05) is 6.07 Å². The number of fused-ring (bicyclic) bond motifs is 1. The molecule has 164 valence electrons. The van der Waals surface area contributed by atoms with Gasteiger partial charge >= 0.3 is 0 Å². The third kappa shape index (κ3) is 4.59. The number of ether oxygens (including phenoxy) is 2. The zero-order valence-electron chi connectivity index (χ0n) is 18.9. The van der Waals surface area contributed by atoms with E-state index in [0.717, 1.165) is 38.9 Å². The Kier molecular flexibility index (Phi) is 5.86. The highest BCUT2D eigenvalue weighted by atomic mass is 16.5. The Bertz CT molecular complexity index is 1250. The molecule has 0 radical (unpaired) electrons. The van der Waals surface area contributed by atoms with Gasteiger partial charge in [0.1, 0.15) is 17.0 Å². The number of hydrogen-bond acceptors (Lipinski definition) is 5. The number of methoxy groups -OCH3 is 1. The Morgan fingerprint density at radius 2 is 1.69 bits per heavy atom. The second kappa shape index (κ2) is 8.75. The van der Waals surface area contributed by atoms with E-state index in [1.54, 1.807) is 19.2 Å². The summed E-state index contributed by atoms with van der Waals surface area (Å²) in [5.41, 5.74) is 7.25. The van der Waals surface area contributed by atoms with E-state index in [2.05, 4.69) is 16.4 Å². The maximum Gasteiger partial charge on any atom is 0.262 e. The summed E-state index contributed by atoms with van der Waals surface area (Å²) in [6, 6.07) is 15.3. The van der Waals surface area contributed by atoms with Crippen LogP contribution < -0.4 is 14.8 Å². The minimum absolute atomic E-state index is 0.113. The SMILES string of the molecule is COc1ccc(-c2nc3cc(C)c(C)cc3o2)cc1NC(=O)COc1cc(C)cc(C)c1. The molecule has 0 atom stereocenters. The molecule has 1 heterocycles. The molecule has 32 heavy (non-hydrogen) atoms. The topological polar surface area (TPSA) is 73.6 Å². The standard InChI is InChI=1S/C26H26N2O4/c1-15-8-16(2)10-20(9-15)31-14-25(29)27-22-13-19(6-7-23(22)30-5)26-28-21-11-17(3)18(4)12-24(21)32-26/h6-13H,14H2,1-5H3,(H,27,29). The van der Waals surface area contributed by atoms with Gasteiger partial charge in [0.2, 0.25) is 5.89 Å². The number of anilines is 1. The first-order valence-electron chi connectivity index (χ1n) is 10.4. The number of nitrogens with zero attached hydrogens (tertiary/aromatic N) is 1. The molecule has 0 saturated carbocycles. The first-order chi connectivity index (χ1) is 15.3. The van der Waals surface area contributed by atoms with Crippen LogP contribution in [-0.4, -0.2) is 24.6 Å². The van der Waals surface area contributed by atoms with E-state index in [-0.39, 0.29) is 12.5 Å². The Morgan fingerprint density at radius 1 is 0.969 bits per heavy atom. The van der Waals surface area contributed by atoms with Gasteiger partial charge in [-0.05, 0) is 92.4 Å². The number of aryl methyl sites for hydroxylation is 4. The number of amides is 1. The minimum atomic E-state index is -0.288. The molecule has 0 saturated heterocycles. The fraction of sp³-hybridized carbons (Fsp3) is 0.231. The Hall–Kier alpha value is -3.80. The van der Waals surface area contributed by atoms with Crippen LogP contribution >= 0.6 is 0 Å². The zero-order valence-corrected chi connectivity index (χ0v) is 18.9. The Balaban J connectivity index is 1.55. The number of nitrogens with one attached hydrogen (secondary N) is 1. The average Bonchev–Trinajstić information content (AvgIpc) is 3.14. The predicted molar refractivity (Wildman–Crippen MR) is 126 cm³/mol. The summed E-state index contributed by atoms with van der Waals surface area (Å²) in [6.07, 6.45) is 0. The van der Waals surface area contributed by atoms with Crippen molar-refractivity contribution in [1.82, 2.24) is 4.98 Å². The van der Waals surface area contributed by atoms with Crippen molar-refractivity contribution in [2.24, 2.45) is 0 Å². The molecule has 4 aromatic rings. The molecule has 0 aliphatic rings. The van der Waals surface area contributed by atoms with Gasteiger partial charge < -0.3 is 19.2 Å². The van der Waals surface area contributed by atoms with Crippen LogP contribution in [0.5, 0.6) is 11.5 Å². The Morgan fingerprint density at radius 3 is 2.41 bits per heavy atom. The summed E-state index contributed by atoms with van der Waals surface area (Å²) in [5.74, 6) is 1.39. The van der Waals surface area contributed by atoms with Gasteiger partial charge in [-0.2, -0.15) is 0 Å². The molecule has 0 unspecified atom stereocenters. The number of aromatic nitrogens is 1. The maximum atomic E-state index is 12.6. The number of oxazole rings is 1. The molecule has 0 aliphatic heterocycles. The molecule has 0 bridgehead atoms. The van der Waals surface area contributed by atoms with E-state index in [9.17, 15) is 4.79 Å². The first-order valence-corrected chi connectivity index (χ1v) is 10.4. The Labute approximate surface area is 187 Å². The summed E-state index contributed by atoms with van der Waals surface area (Å²) in [5, 5.41) is 2.86. The summed E-state index contributed by atoms with van der Waals surface area (Å²) in [6.45, 7) is 7.95. The number of carbonyl (C=O) groups excluding carboxylic acids is 1. The van der Waals surface area contributed by atoms with Crippen LogP contribution in [-0.2, 0) is 4.79 Å². The molecule has 6 heteroatoms. The molecule has 6 nitrogen and oxygen atoms in total. The van der Waals surface area contributed by atoms with Crippen LogP contribution in [0.3, 0.4) is 0 Å². The third-order valence-corrected chi connectivity index (χ3v) is 5.29. The molecule has 0 fully saturated rings. The number of benzene rings is 3. The van der Waals surface area contributed by atoms with Crippen molar-refractivity contribution in [3.8, 4) is 23.0 Å². The third-order valence-electron chi connectivity index (χ3n) is 5.29. The van der Waals surface area contributed by atoms with Crippen LogP contribution in [0, 0.1) is 27.7 Å². The van der Waals surface area contributed by atoms with Crippen molar-refractivity contribution in [2.45, 2.75) is 27.7 Å². The summed E-state index contributed by atoms with van der Waals surface area (Å²) in [7, 11) is 1.56. The second-order valence-corrected chi connectivity index (χ2v) is 8.00. The van der Waals surface area contributed by atoms with E-state index in [1.165, 1.54) is 0 Å². The minimum Gasteiger partial charge on any atom is -0.495 e. The zero-order chi connectivity index (χ0) is 22.8. The molecular weight excluding hydrogens is 404 g/mol. The summed E-state index contributed by atoms with van der Waals surface area (Å²) in [4.78, 5) is 17.2. The normalized spacial score (nSPS) is 10.9. The largest absolute Gasteiger partial charge is 0.495 e. The highest BCUT2D eigenvalue weighted by Crippen LogP contribution is 2.32. The van der Waals surface area contributed by atoms with Gasteiger partial charge in [0.05, 0.1) is 12.8 Å². The fourth-order valence-corrected chi connectivity index (χ4v) is 3.59. The van der Waals surface area contributed by atoms with Gasteiger partial charge in [-0.15, -0.1) is 0 Å². The fourth-order valence-electron chi connectivity index (χ4n) is 3.59. The van der Waals surface area contributed by atoms with E-state index in [0.29, 0.717) is 23.1 Å². The van der Waals surface area contributed by atoms with Crippen molar-refractivity contribution in [1.29, 1.82) is 0 Å². The summed E-state index contributed by atoms with van der Waals surface area (Å²) < 4.78 is 17.0. The van der Waals surface area contributed by atoms with Gasteiger partial charge in [0.25, 0.3) is 5.91 Å². The molecular formula is C26H26N2O4. The molecule has 4 rings (SSSR count).